The summed E-state index contributed by atoms with van der Waals surface area (Å²) in [6.07, 6.45) is 0. The number of carbonyl (C=O) groups is 1. The Kier molecular flexibility index (Phi) is 4.20. The fourth-order valence-corrected chi connectivity index (χ4v) is 1.56. The second-order valence-corrected chi connectivity index (χ2v) is 3.77. The monoisotopic (exact) mass is 251 g/mol. The van der Waals surface area contributed by atoms with Crippen LogP contribution in [-0.4, -0.2) is 13.0 Å². The number of para-hydroxylation sites is 2. The minimum absolute atomic E-state index is 0.350. The molecule has 2 aromatic rings. The maximum atomic E-state index is 11.7. The minimum atomic E-state index is -0.350. The largest absolute Gasteiger partial charge is 0.495 e. The number of benzene rings is 2. The van der Waals surface area contributed by atoms with Gasteiger partial charge in [-0.25, -0.2) is 0 Å². The Hall–Kier alpha value is -2.73. The zero-order valence-corrected chi connectivity index (χ0v) is 10.5. The maximum Gasteiger partial charge on any atom is 0.300 e. The summed E-state index contributed by atoms with van der Waals surface area (Å²) in [7, 11) is 1.57. The van der Waals surface area contributed by atoms with Crippen LogP contribution in [-0.2, 0) is 4.79 Å². The summed E-state index contributed by atoms with van der Waals surface area (Å²) < 4.78 is 5.16. The molecule has 0 aliphatic carbocycles. The average Bonchev–Trinajstić information content (AvgIpc) is 2.46. The molecule has 0 aliphatic heterocycles. The maximum absolute atomic E-state index is 11.7. The van der Waals surface area contributed by atoms with Crippen LogP contribution in [0.5, 0.6) is 5.75 Å². The summed E-state index contributed by atoms with van der Waals surface area (Å²) in [5, 5.41) is 2.70. The molecule has 0 aliphatic rings. The van der Waals surface area contributed by atoms with Crippen molar-refractivity contribution in [2.24, 2.45) is 0 Å². The van der Waals surface area contributed by atoms with Crippen LogP contribution >= 0.6 is 0 Å². The Labute approximate surface area is 112 Å². The van der Waals surface area contributed by atoms with Gasteiger partial charge in [0.2, 0.25) is 0 Å². The molecule has 0 saturated heterocycles. The van der Waals surface area contributed by atoms with Gasteiger partial charge in [-0.05, 0) is 24.3 Å². The van der Waals surface area contributed by atoms with Crippen molar-refractivity contribution in [3.05, 3.63) is 60.2 Å². The molecule has 3 nitrogen and oxygen atoms in total. The summed E-state index contributed by atoms with van der Waals surface area (Å²) in [4.78, 5) is 11.7. The lowest BCUT2D eigenvalue weighted by Crippen LogP contribution is -2.08. The van der Waals surface area contributed by atoms with E-state index in [0.717, 1.165) is 5.69 Å². The minimum Gasteiger partial charge on any atom is -0.495 e. The average molecular weight is 251 g/mol. The van der Waals surface area contributed by atoms with Crippen molar-refractivity contribution in [2.75, 3.05) is 12.4 Å². The number of ether oxygens (including phenoxy) is 1. The predicted octanol–water partition coefficient (Wildman–Crippen LogP) is 2.69. The Morgan fingerprint density at radius 1 is 1.05 bits per heavy atom. The molecular formula is C16H13NO2. The third kappa shape index (κ3) is 3.62. The summed E-state index contributed by atoms with van der Waals surface area (Å²) in [5.74, 6) is 5.64. The van der Waals surface area contributed by atoms with Crippen LogP contribution in [0.1, 0.15) is 5.56 Å². The number of anilines is 1. The predicted molar refractivity (Wildman–Crippen MR) is 74.9 cm³/mol. The van der Waals surface area contributed by atoms with Crippen LogP contribution < -0.4 is 10.1 Å². The normalized spacial score (nSPS) is 9.11. The Bertz CT molecular complexity index is 624. The molecule has 0 fully saturated rings. The molecule has 0 atom stereocenters. The van der Waals surface area contributed by atoms with E-state index in [9.17, 15) is 4.79 Å². The molecule has 1 N–H and O–H groups in total. The quantitative estimate of drug-likeness (QED) is 0.833. The summed E-state index contributed by atoms with van der Waals surface area (Å²) >= 11 is 0. The van der Waals surface area contributed by atoms with Crippen LogP contribution in [0.2, 0.25) is 0 Å². The second kappa shape index (κ2) is 6.27. The van der Waals surface area contributed by atoms with Gasteiger partial charge < -0.3 is 10.1 Å². The number of hydrogen-bond donors (Lipinski definition) is 1. The third-order valence-electron chi connectivity index (χ3n) is 2.45. The molecular weight excluding hydrogens is 238 g/mol. The first-order valence-corrected chi connectivity index (χ1v) is 5.80. The highest BCUT2D eigenvalue weighted by Gasteiger charge is 1.99. The summed E-state index contributed by atoms with van der Waals surface area (Å²) in [5.41, 5.74) is 1.41. The first kappa shape index (κ1) is 12.7. The summed E-state index contributed by atoms with van der Waals surface area (Å²) in [6.45, 7) is 0. The first-order chi connectivity index (χ1) is 9.29. The number of nitrogens with one attached hydrogen (secondary N) is 1. The van der Waals surface area contributed by atoms with Crippen molar-refractivity contribution in [2.45, 2.75) is 0 Å². The fraction of sp³-hybridized carbons (Fsp3) is 0.0625. The van der Waals surface area contributed by atoms with Crippen LogP contribution in [0, 0.1) is 11.8 Å². The molecule has 3 heteroatoms. The zero-order valence-electron chi connectivity index (χ0n) is 10.5. The molecule has 2 rings (SSSR count). The van der Waals surface area contributed by atoms with Gasteiger partial charge in [0.25, 0.3) is 0 Å². The van der Waals surface area contributed by atoms with Gasteiger partial charge in [0, 0.05) is 11.6 Å². The van der Waals surface area contributed by atoms with Crippen molar-refractivity contribution in [3.63, 3.8) is 0 Å². The Balaban J connectivity index is 2.09. The van der Waals surface area contributed by atoms with Gasteiger partial charge in [0.15, 0.2) is 0 Å². The van der Waals surface area contributed by atoms with Gasteiger partial charge in [-0.15, -0.1) is 0 Å². The highest BCUT2D eigenvalue weighted by Crippen LogP contribution is 2.15. The van der Waals surface area contributed by atoms with Crippen LogP contribution in [0.3, 0.4) is 0 Å². The Morgan fingerprint density at radius 2 is 1.74 bits per heavy atom. The SMILES string of the molecule is COc1ccccc1C#CC(=O)Nc1ccccc1. The molecule has 0 saturated carbocycles. The number of hydrogen-bond acceptors (Lipinski definition) is 2. The van der Waals surface area contributed by atoms with E-state index >= 15 is 0 Å². The van der Waals surface area contributed by atoms with E-state index < -0.39 is 0 Å². The van der Waals surface area contributed by atoms with Crippen molar-refractivity contribution in [1.29, 1.82) is 0 Å². The van der Waals surface area contributed by atoms with Gasteiger partial charge >= 0.3 is 5.91 Å². The van der Waals surface area contributed by atoms with Crippen LogP contribution in [0.4, 0.5) is 5.69 Å². The Morgan fingerprint density at radius 3 is 2.47 bits per heavy atom. The smallest absolute Gasteiger partial charge is 0.300 e. The van der Waals surface area contributed by atoms with Crippen molar-refractivity contribution < 1.29 is 9.53 Å². The van der Waals surface area contributed by atoms with Crippen LogP contribution in [0.15, 0.2) is 54.6 Å². The van der Waals surface area contributed by atoms with Gasteiger partial charge in [-0.3, -0.25) is 4.79 Å². The van der Waals surface area contributed by atoms with E-state index in [0.29, 0.717) is 11.3 Å². The van der Waals surface area contributed by atoms with Gasteiger partial charge in [0.05, 0.1) is 12.7 Å². The zero-order chi connectivity index (χ0) is 13.5. The van der Waals surface area contributed by atoms with E-state index in [1.807, 2.05) is 48.5 Å². The standard InChI is InChI=1S/C16H13NO2/c1-19-15-10-6-5-7-13(15)11-12-16(18)17-14-8-3-2-4-9-14/h2-10H,1H3,(H,17,18). The molecule has 0 unspecified atom stereocenters. The fourth-order valence-electron chi connectivity index (χ4n) is 1.56. The van der Waals surface area contributed by atoms with Crippen LogP contribution in [0.25, 0.3) is 0 Å². The van der Waals surface area contributed by atoms with Gasteiger partial charge in [-0.1, -0.05) is 36.3 Å². The van der Waals surface area contributed by atoms with E-state index in [4.69, 9.17) is 4.74 Å². The molecule has 19 heavy (non-hydrogen) atoms. The van der Waals surface area contributed by atoms with E-state index in [-0.39, 0.29) is 5.91 Å². The lowest BCUT2D eigenvalue weighted by atomic mass is 10.2. The number of rotatable bonds is 2. The molecule has 2 aromatic carbocycles. The molecule has 0 spiro atoms. The molecule has 0 radical (unpaired) electrons. The van der Waals surface area contributed by atoms with Crippen molar-refractivity contribution in [3.8, 4) is 17.6 Å². The third-order valence-corrected chi connectivity index (χ3v) is 2.45. The second-order valence-electron chi connectivity index (χ2n) is 3.77. The van der Waals surface area contributed by atoms with E-state index in [1.54, 1.807) is 13.2 Å². The molecule has 0 bridgehead atoms. The summed E-state index contributed by atoms with van der Waals surface area (Å²) in [6, 6.07) is 16.5. The highest BCUT2D eigenvalue weighted by atomic mass is 16.5. The van der Waals surface area contributed by atoms with E-state index in [2.05, 4.69) is 17.2 Å². The molecule has 94 valence electrons. The van der Waals surface area contributed by atoms with Gasteiger partial charge in [-0.2, -0.15) is 0 Å². The topological polar surface area (TPSA) is 38.3 Å². The van der Waals surface area contributed by atoms with Crippen molar-refractivity contribution in [1.82, 2.24) is 0 Å². The number of methoxy groups -OCH3 is 1. The van der Waals surface area contributed by atoms with Gasteiger partial charge in [0.1, 0.15) is 5.75 Å². The van der Waals surface area contributed by atoms with E-state index in [1.165, 1.54) is 0 Å². The van der Waals surface area contributed by atoms with Crippen molar-refractivity contribution >= 4 is 11.6 Å². The number of amides is 1. The molecule has 1 amide bonds. The molecule has 0 aromatic heterocycles. The lowest BCUT2D eigenvalue weighted by molar-refractivity contribution is -0.111. The molecule has 0 heterocycles. The lowest BCUT2D eigenvalue weighted by Gasteiger charge is -2.01. The first-order valence-electron chi connectivity index (χ1n) is 5.80. The highest BCUT2D eigenvalue weighted by molar-refractivity contribution is 6.04. The number of carbonyl (C=O) groups excluding carboxylic acids is 1.